The third kappa shape index (κ3) is 4.71. The average molecular weight is 354 g/mol. The number of benzene rings is 1. The van der Waals surface area contributed by atoms with Gasteiger partial charge >= 0.3 is 0 Å². The van der Waals surface area contributed by atoms with Crippen LogP contribution in [0.5, 0.6) is 0 Å². The standard InChI is InChI=1S/C20H26N4O2/c1-2-24-20(26)12-18(14-22-24)23-10-6-9-17(15-23)11-19(25)21-13-16-7-4-3-5-8-16/h3-5,7-8,12,14,17H,2,6,9-11,13,15H2,1H3,(H,21,25). The fourth-order valence-electron chi connectivity index (χ4n) is 3.43. The second kappa shape index (κ2) is 8.65. The number of aryl methyl sites for hydroxylation is 1. The van der Waals surface area contributed by atoms with E-state index in [4.69, 9.17) is 0 Å². The predicted octanol–water partition coefficient (Wildman–Crippen LogP) is 2.19. The van der Waals surface area contributed by atoms with Gasteiger partial charge in [-0.25, -0.2) is 4.68 Å². The van der Waals surface area contributed by atoms with Gasteiger partial charge in [0.2, 0.25) is 5.91 Å². The Bertz CT molecular complexity index is 788. The Morgan fingerprint density at radius 3 is 2.85 bits per heavy atom. The van der Waals surface area contributed by atoms with E-state index in [1.54, 1.807) is 12.3 Å². The summed E-state index contributed by atoms with van der Waals surface area (Å²) < 4.78 is 1.45. The molecule has 1 unspecified atom stereocenters. The van der Waals surface area contributed by atoms with Gasteiger partial charge in [-0.15, -0.1) is 0 Å². The van der Waals surface area contributed by atoms with Crippen molar-refractivity contribution in [2.24, 2.45) is 5.92 Å². The topological polar surface area (TPSA) is 67.2 Å². The molecule has 2 aromatic rings. The molecule has 3 rings (SSSR count). The van der Waals surface area contributed by atoms with Gasteiger partial charge in [-0.2, -0.15) is 5.10 Å². The highest BCUT2D eigenvalue weighted by Crippen LogP contribution is 2.23. The van der Waals surface area contributed by atoms with Crippen LogP contribution in [0.25, 0.3) is 0 Å². The molecule has 6 heteroatoms. The second-order valence-electron chi connectivity index (χ2n) is 6.79. The molecular formula is C20H26N4O2. The smallest absolute Gasteiger partial charge is 0.268 e. The molecule has 26 heavy (non-hydrogen) atoms. The fraction of sp³-hybridized carbons (Fsp3) is 0.450. The minimum atomic E-state index is -0.0762. The molecule has 0 bridgehead atoms. The summed E-state index contributed by atoms with van der Waals surface area (Å²) in [4.78, 5) is 26.4. The van der Waals surface area contributed by atoms with Gasteiger partial charge in [0, 0.05) is 38.7 Å². The molecule has 1 fully saturated rings. The molecule has 1 aliphatic rings. The maximum atomic E-state index is 12.3. The summed E-state index contributed by atoms with van der Waals surface area (Å²) in [6.07, 6.45) is 4.33. The summed E-state index contributed by atoms with van der Waals surface area (Å²) in [6, 6.07) is 11.6. The molecule has 1 amide bonds. The monoisotopic (exact) mass is 354 g/mol. The van der Waals surface area contributed by atoms with E-state index in [1.807, 2.05) is 37.3 Å². The van der Waals surface area contributed by atoms with Crippen LogP contribution in [0.3, 0.4) is 0 Å². The van der Waals surface area contributed by atoms with E-state index in [0.717, 1.165) is 37.2 Å². The van der Waals surface area contributed by atoms with Gasteiger partial charge < -0.3 is 10.2 Å². The largest absolute Gasteiger partial charge is 0.370 e. The highest BCUT2D eigenvalue weighted by atomic mass is 16.1. The SMILES string of the molecule is CCn1ncc(N2CCCC(CC(=O)NCc3ccccc3)C2)cc1=O. The first-order valence-corrected chi connectivity index (χ1v) is 9.28. The Kier molecular flexibility index (Phi) is 6.04. The van der Waals surface area contributed by atoms with Gasteiger partial charge in [-0.3, -0.25) is 9.59 Å². The molecule has 0 spiro atoms. The minimum absolute atomic E-state index is 0.0762. The van der Waals surface area contributed by atoms with Gasteiger partial charge in [0.25, 0.3) is 5.56 Å². The zero-order valence-electron chi connectivity index (χ0n) is 15.2. The lowest BCUT2D eigenvalue weighted by Crippen LogP contribution is -2.38. The molecule has 0 radical (unpaired) electrons. The van der Waals surface area contributed by atoms with Gasteiger partial charge in [-0.05, 0) is 31.2 Å². The number of nitrogens with zero attached hydrogens (tertiary/aromatic N) is 3. The van der Waals surface area contributed by atoms with Crippen LogP contribution in [0.4, 0.5) is 5.69 Å². The molecule has 1 aromatic carbocycles. The molecule has 138 valence electrons. The van der Waals surface area contributed by atoms with Crippen molar-refractivity contribution in [1.82, 2.24) is 15.1 Å². The summed E-state index contributed by atoms with van der Waals surface area (Å²) >= 11 is 0. The summed E-state index contributed by atoms with van der Waals surface area (Å²) in [5, 5.41) is 7.21. The van der Waals surface area contributed by atoms with E-state index in [9.17, 15) is 9.59 Å². The van der Waals surface area contributed by atoms with Crippen LogP contribution in [0.1, 0.15) is 31.7 Å². The number of amides is 1. The minimum Gasteiger partial charge on any atom is -0.370 e. The highest BCUT2D eigenvalue weighted by Gasteiger charge is 2.23. The zero-order valence-corrected chi connectivity index (χ0v) is 15.2. The van der Waals surface area contributed by atoms with Crippen molar-refractivity contribution in [3.8, 4) is 0 Å². The molecule has 0 aliphatic carbocycles. The number of anilines is 1. The van der Waals surface area contributed by atoms with Crippen LogP contribution in [-0.4, -0.2) is 28.8 Å². The van der Waals surface area contributed by atoms with Crippen molar-refractivity contribution < 1.29 is 4.79 Å². The third-order valence-electron chi connectivity index (χ3n) is 4.85. The van der Waals surface area contributed by atoms with Crippen molar-refractivity contribution >= 4 is 11.6 Å². The zero-order chi connectivity index (χ0) is 18.4. The maximum absolute atomic E-state index is 12.3. The summed E-state index contributed by atoms with van der Waals surface area (Å²) in [7, 11) is 0. The first kappa shape index (κ1) is 18.2. The summed E-state index contributed by atoms with van der Waals surface area (Å²) in [5.41, 5.74) is 1.88. The van der Waals surface area contributed by atoms with Crippen molar-refractivity contribution in [1.29, 1.82) is 0 Å². The van der Waals surface area contributed by atoms with Crippen LogP contribution in [0.2, 0.25) is 0 Å². The van der Waals surface area contributed by atoms with E-state index in [1.165, 1.54) is 4.68 Å². The molecule has 6 nitrogen and oxygen atoms in total. The number of carbonyl (C=O) groups excluding carboxylic acids is 1. The van der Waals surface area contributed by atoms with E-state index >= 15 is 0 Å². The first-order valence-electron chi connectivity index (χ1n) is 9.28. The number of hydrogen-bond acceptors (Lipinski definition) is 4. The number of rotatable bonds is 6. The van der Waals surface area contributed by atoms with Gasteiger partial charge in [0.1, 0.15) is 0 Å². The number of aromatic nitrogens is 2. The Morgan fingerprint density at radius 2 is 2.12 bits per heavy atom. The van der Waals surface area contributed by atoms with Gasteiger partial charge in [-0.1, -0.05) is 30.3 Å². The molecule has 1 aliphatic heterocycles. The number of piperidine rings is 1. The Balaban J connectivity index is 1.54. The molecule has 0 saturated carbocycles. The number of hydrogen-bond donors (Lipinski definition) is 1. The van der Waals surface area contributed by atoms with Crippen LogP contribution < -0.4 is 15.8 Å². The van der Waals surface area contributed by atoms with Crippen molar-refractivity contribution in [2.75, 3.05) is 18.0 Å². The normalized spacial score (nSPS) is 17.1. The van der Waals surface area contributed by atoms with E-state index in [2.05, 4.69) is 15.3 Å². The summed E-state index contributed by atoms with van der Waals surface area (Å²) in [5.74, 6) is 0.383. The quantitative estimate of drug-likeness (QED) is 0.863. The average Bonchev–Trinajstić information content (AvgIpc) is 2.67. The Morgan fingerprint density at radius 1 is 1.31 bits per heavy atom. The lowest BCUT2D eigenvalue weighted by atomic mass is 9.94. The van der Waals surface area contributed by atoms with Crippen LogP contribution in [0.15, 0.2) is 47.4 Å². The molecule has 1 aromatic heterocycles. The first-order chi connectivity index (χ1) is 12.7. The highest BCUT2D eigenvalue weighted by molar-refractivity contribution is 5.76. The number of nitrogens with one attached hydrogen (secondary N) is 1. The lowest BCUT2D eigenvalue weighted by molar-refractivity contribution is -0.122. The Hall–Kier alpha value is -2.63. The molecule has 1 atom stereocenters. The molecule has 1 saturated heterocycles. The van der Waals surface area contributed by atoms with E-state index in [0.29, 0.717) is 25.4 Å². The molecular weight excluding hydrogens is 328 g/mol. The van der Waals surface area contributed by atoms with E-state index in [-0.39, 0.29) is 11.5 Å². The van der Waals surface area contributed by atoms with Crippen molar-refractivity contribution in [2.45, 2.75) is 39.3 Å². The summed E-state index contributed by atoms with van der Waals surface area (Å²) in [6.45, 7) is 4.73. The maximum Gasteiger partial charge on any atom is 0.268 e. The fourth-order valence-corrected chi connectivity index (χ4v) is 3.43. The molecule has 1 N–H and O–H groups in total. The van der Waals surface area contributed by atoms with Crippen LogP contribution in [0, 0.1) is 5.92 Å². The number of carbonyl (C=O) groups is 1. The van der Waals surface area contributed by atoms with Crippen molar-refractivity contribution in [3.05, 3.63) is 58.5 Å². The van der Waals surface area contributed by atoms with Gasteiger partial charge in [0.15, 0.2) is 0 Å². The van der Waals surface area contributed by atoms with E-state index < -0.39 is 0 Å². The third-order valence-corrected chi connectivity index (χ3v) is 4.85. The van der Waals surface area contributed by atoms with Gasteiger partial charge in [0.05, 0.1) is 11.9 Å². The predicted molar refractivity (Wildman–Crippen MR) is 102 cm³/mol. The van der Waals surface area contributed by atoms with Crippen molar-refractivity contribution in [3.63, 3.8) is 0 Å². The van der Waals surface area contributed by atoms with Crippen LogP contribution in [-0.2, 0) is 17.9 Å². The second-order valence-corrected chi connectivity index (χ2v) is 6.79. The molecule has 2 heterocycles. The van der Waals surface area contributed by atoms with Crippen LogP contribution >= 0.6 is 0 Å². The Labute approximate surface area is 153 Å². The lowest BCUT2D eigenvalue weighted by Gasteiger charge is -2.34.